The third-order valence-electron chi connectivity index (χ3n) is 3.81. The van der Waals surface area contributed by atoms with Crippen LogP contribution in [0.25, 0.3) is 11.0 Å². The highest BCUT2D eigenvalue weighted by Crippen LogP contribution is 2.23. The Morgan fingerprint density at radius 2 is 2.26 bits per heavy atom. The lowest BCUT2D eigenvalue weighted by atomic mass is 9.96. The lowest BCUT2D eigenvalue weighted by molar-refractivity contribution is -0.139. The first-order valence-electron chi connectivity index (χ1n) is 6.71. The van der Waals surface area contributed by atoms with E-state index in [2.05, 4.69) is 4.98 Å². The van der Waals surface area contributed by atoms with E-state index >= 15 is 0 Å². The molecule has 5 heteroatoms. The Bertz CT molecular complexity index is 616. The van der Waals surface area contributed by atoms with E-state index < -0.39 is 6.29 Å². The number of aromatic nitrogens is 2. The number of rotatable bonds is 3. The van der Waals surface area contributed by atoms with Crippen molar-refractivity contribution in [1.82, 2.24) is 9.55 Å². The van der Waals surface area contributed by atoms with E-state index in [1.54, 1.807) is 4.57 Å². The first kappa shape index (κ1) is 12.4. The molecule has 0 spiro atoms. The number of hydrogen-bond acceptors (Lipinski definition) is 3. The van der Waals surface area contributed by atoms with Crippen molar-refractivity contribution in [2.75, 3.05) is 6.61 Å². The van der Waals surface area contributed by atoms with Crippen molar-refractivity contribution in [2.24, 2.45) is 5.92 Å². The predicted octanol–water partition coefficient (Wildman–Crippen LogP) is 1.46. The summed E-state index contributed by atoms with van der Waals surface area (Å²) >= 11 is 0. The molecule has 3 rings (SSSR count). The molecule has 1 aromatic carbocycles. The minimum absolute atomic E-state index is 0.0613. The van der Waals surface area contributed by atoms with Crippen molar-refractivity contribution in [3.8, 4) is 0 Å². The zero-order valence-corrected chi connectivity index (χ0v) is 10.7. The Kier molecular flexibility index (Phi) is 3.40. The van der Waals surface area contributed by atoms with Gasteiger partial charge in [-0.05, 0) is 30.9 Å². The molecule has 1 aliphatic heterocycles. The number of H-pyrrole nitrogens is 1. The molecule has 0 radical (unpaired) electrons. The smallest absolute Gasteiger partial charge is 0.326 e. The Morgan fingerprint density at radius 1 is 1.42 bits per heavy atom. The topological polar surface area (TPSA) is 67.2 Å². The predicted molar refractivity (Wildman–Crippen MR) is 71.9 cm³/mol. The van der Waals surface area contributed by atoms with Gasteiger partial charge in [0.25, 0.3) is 0 Å². The molecule has 1 aliphatic rings. The number of imidazole rings is 1. The minimum atomic E-state index is -0.640. The second-order valence-electron chi connectivity index (χ2n) is 5.10. The largest absolute Gasteiger partial charge is 0.368 e. The number of para-hydroxylation sites is 2. The molecule has 1 aromatic heterocycles. The Labute approximate surface area is 110 Å². The lowest BCUT2D eigenvalue weighted by Gasteiger charge is -2.26. The van der Waals surface area contributed by atoms with Crippen LogP contribution < -0.4 is 5.69 Å². The molecule has 1 saturated heterocycles. The number of nitrogens with one attached hydrogen (secondary N) is 1. The number of hydrogen-bond donors (Lipinski definition) is 2. The summed E-state index contributed by atoms with van der Waals surface area (Å²) in [6, 6.07) is 7.71. The highest BCUT2D eigenvalue weighted by atomic mass is 16.6. The number of fused-ring (bicyclic) bond motifs is 1. The average Bonchev–Trinajstić information content (AvgIpc) is 2.72. The van der Waals surface area contributed by atoms with Gasteiger partial charge in [0.05, 0.1) is 11.0 Å². The summed E-state index contributed by atoms with van der Waals surface area (Å²) in [5.74, 6) is 0.421. The normalized spacial score (nSPS) is 23.8. The summed E-state index contributed by atoms with van der Waals surface area (Å²) in [4.78, 5) is 14.8. The number of aromatic amines is 1. The third-order valence-corrected chi connectivity index (χ3v) is 3.81. The van der Waals surface area contributed by atoms with Crippen LogP contribution in [0.4, 0.5) is 0 Å². The molecule has 2 N–H and O–H groups in total. The summed E-state index contributed by atoms with van der Waals surface area (Å²) in [5.41, 5.74) is 1.76. The van der Waals surface area contributed by atoms with Crippen molar-refractivity contribution in [1.29, 1.82) is 0 Å². The standard InChI is InChI=1S/C14H18N2O3/c17-13-9-10(6-8-19-13)5-7-16-12-4-2-1-3-11(12)15-14(16)18/h1-4,10,13,17H,5-9H2,(H,15,18). The number of benzene rings is 1. The van der Waals surface area contributed by atoms with Gasteiger partial charge >= 0.3 is 5.69 Å². The molecule has 2 heterocycles. The monoisotopic (exact) mass is 262 g/mol. The van der Waals surface area contributed by atoms with Crippen LogP contribution in [0.15, 0.2) is 29.1 Å². The number of ether oxygens (including phenoxy) is 1. The van der Waals surface area contributed by atoms with Crippen LogP contribution in [0.3, 0.4) is 0 Å². The number of aliphatic hydroxyl groups is 1. The molecule has 0 aliphatic carbocycles. The second-order valence-corrected chi connectivity index (χ2v) is 5.10. The quantitative estimate of drug-likeness (QED) is 0.880. The molecule has 1 fully saturated rings. The fourth-order valence-electron chi connectivity index (χ4n) is 2.74. The maximum absolute atomic E-state index is 11.9. The van der Waals surface area contributed by atoms with Crippen molar-refractivity contribution < 1.29 is 9.84 Å². The molecule has 0 bridgehead atoms. The van der Waals surface area contributed by atoms with E-state index in [-0.39, 0.29) is 5.69 Å². The van der Waals surface area contributed by atoms with Crippen molar-refractivity contribution >= 4 is 11.0 Å². The molecule has 2 atom stereocenters. The van der Waals surface area contributed by atoms with E-state index in [1.165, 1.54) is 0 Å². The van der Waals surface area contributed by atoms with Gasteiger partial charge in [0.2, 0.25) is 0 Å². The molecule has 5 nitrogen and oxygen atoms in total. The van der Waals surface area contributed by atoms with E-state index in [1.807, 2.05) is 24.3 Å². The maximum Gasteiger partial charge on any atom is 0.326 e. The molecule has 2 aromatic rings. The van der Waals surface area contributed by atoms with Gasteiger partial charge in [-0.1, -0.05) is 12.1 Å². The van der Waals surface area contributed by atoms with Crippen LogP contribution >= 0.6 is 0 Å². The van der Waals surface area contributed by atoms with E-state index in [0.717, 1.165) is 23.9 Å². The molecule has 19 heavy (non-hydrogen) atoms. The van der Waals surface area contributed by atoms with Crippen LogP contribution in [0.1, 0.15) is 19.3 Å². The molecular weight excluding hydrogens is 244 g/mol. The fraction of sp³-hybridized carbons (Fsp3) is 0.500. The van der Waals surface area contributed by atoms with Gasteiger partial charge in [-0.2, -0.15) is 0 Å². The summed E-state index contributed by atoms with van der Waals surface area (Å²) in [7, 11) is 0. The molecule has 0 amide bonds. The van der Waals surface area contributed by atoms with Crippen molar-refractivity contribution in [2.45, 2.75) is 32.1 Å². The van der Waals surface area contributed by atoms with Gasteiger partial charge in [-0.15, -0.1) is 0 Å². The van der Waals surface area contributed by atoms with Gasteiger partial charge in [0, 0.05) is 19.6 Å². The van der Waals surface area contributed by atoms with Gasteiger partial charge < -0.3 is 14.8 Å². The van der Waals surface area contributed by atoms with Gasteiger partial charge in [0.1, 0.15) is 0 Å². The third kappa shape index (κ3) is 2.57. The van der Waals surface area contributed by atoms with Gasteiger partial charge in [-0.25, -0.2) is 4.79 Å². The molecular formula is C14H18N2O3. The molecule has 102 valence electrons. The van der Waals surface area contributed by atoms with Crippen LogP contribution in [0.5, 0.6) is 0 Å². The summed E-state index contributed by atoms with van der Waals surface area (Å²) < 4.78 is 6.89. The summed E-state index contributed by atoms with van der Waals surface area (Å²) in [5, 5.41) is 9.47. The number of nitrogens with zero attached hydrogens (tertiary/aromatic N) is 1. The maximum atomic E-state index is 11.9. The Hall–Kier alpha value is -1.59. The zero-order valence-electron chi connectivity index (χ0n) is 10.7. The van der Waals surface area contributed by atoms with Crippen LogP contribution in [0.2, 0.25) is 0 Å². The highest BCUT2D eigenvalue weighted by molar-refractivity contribution is 5.74. The fourth-order valence-corrected chi connectivity index (χ4v) is 2.74. The van der Waals surface area contributed by atoms with E-state index in [0.29, 0.717) is 25.5 Å². The average molecular weight is 262 g/mol. The molecule has 2 unspecified atom stereocenters. The first-order valence-corrected chi connectivity index (χ1v) is 6.71. The van der Waals surface area contributed by atoms with Crippen LogP contribution in [-0.4, -0.2) is 27.6 Å². The minimum Gasteiger partial charge on any atom is -0.368 e. The Morgan fingerprint density at radius 3 is 3.11 bits per heavy atom. The van der Waals surface area contributed by atoms with E-state index in [4.69, 9.17) is 4.74 Å². The zero-order chi connectivity index (χ0) is 13.2. The lowest BCUT2D eigenvalue weighted by Crippen LogP contribution is -2.27. The van der Waals surface area contributed by atoms with Crippen LogP contribution in [-0.2, 0) is 11.3 Å². The summed E-state index contributed by atoms with van der Waals surface area (Å²) in [6.45, 7) is 1.29. The first-order chi connectivity index (χ1) is 9.24. The highest BCUT2D eigenvalue weighted by Gasteiger charge is 2.20. The summed E-state index contributed by atoms with van der Waals surface area (Å²) in [6.07, 6.45) is 1.87. The molecule has 0 saturated carbocycles. The van der Waals surface area contributed by atoms with Gasteiger partial charge in [-0.3, -0.25) is 4.57 Å². The SMILES string of the molecule is O=c1[nH]c2ccccc2n1CCC1CCOC(O)C1. The van der Waals surface area contributed by atoms with Crippen molar-refractivity contribution in [3.63, 3.8) is 0 Å². The Balaban J connectivity index is 1.75. The van der Waals surface area contributed by atoms with Crippen molar-refractivity contribution in [3.05, 3.63) is 34.7 Å². The van der Waals surface area contributed by atoms with E-state index in [9.17, 15) is 9.90 Å². The second kappa shape index (κ2) is 5.19. The number of aliphatic hydroxyl groups excluding tert-OH is 1. The number of aryl methyl sites for hydroxylation is 1. The van der Waals surface area contributed by atoms with Crippen LogP contribution in [0, 0.1) is 5.92 Å². The van der Waals surface area contributed by atoms with Gasteiger partial charge in [0.15, 0.2) is 6.29 Å².